The highest BCUT2D eigenvalue weighted by molar-refractivity contribution is 7.94. The maximum Gasteiger partial charge on any atom is 0.152 e. The van der Waals surface area contributed by atoms with Crippen LogP contribution in [-0.2, 0) is 9.37 Å². The summed E-state index contributed by atoms with van der Waals surface area (Å²) in [5, 5.41) is 62.2. The summed E-state index contributed by atoms with van der Waals surface area (Å²) >= 11 is 0.698. The molecule has 13 nitrogen and oxygen atoms in total. The Bertz CT molecular complexity index is 2680. The Hall–Kier alpha value is -6.71. The lowest BCUT2D eigenvalue weighted by molar-refractivity contribution is -0.432. The van der Waals surface area contributed by atoms with Gasteiger partial charge < -0.3 is 5.11 Å². The average Bonchev–Trinajstić information content (AvgIpc) is 3.64. The molecule has 0 aliphatic heterocycles. The number of fused-ring (bicyclic) bond motifs is 4. The molecule has 0 spiro atoms. The monoisotopic (exact) mass is 717 g/mol. The molecule has 0 aliphatic rings. The zero-order valence-electron chi connectivity index (χ0n) is 27.8. The van der Waals surface area contributed by atoms with E-state index in [9.17, 15) is 5.11 Å². The van der Waals surface area contributed by atoms with Crippen molar-refractivity contribution < 1.29 is 19.7 Å². The van der Waals surface area contributed by atoms with Gasteiger partial charge in [-0.2, -0.15) is 30.4 Å². The minimum atomic E-state index is -0.0749. The Labute approximate surface area is 305 Å². The summed E-state index contributed by atoms with van der Waals surface area (Å²) in [6.07, 6.45) is 0. The Morgan fingerprint density at radius 1 is 0.585 bits per heavy atom. The van der Waals surface area contributed by atoms with Crippen molar-refractivity contribution in [3.05, 3.63) is 139 Å². The van der Waals surface area contributed by atoms with Crippen LogP contribution in [0.2, 0.25) is 0 Å². The van der Waals surface area contributed by atoms with Gasteiger partial charge in [-0.25, -0.2) is 5.26 Å². The topological polar surface area (TPSA) is 164 Å². The van der Waals surface area contributed by atoms with E-state index in [0.29, 0.717) is 50.8 Å². The van der Waals surface area contributed by atoms with Gasteiger partial charge in [-0.15, -0.1) is 19.6 Å². The fourth-order valence-corrected chi connectivity index (χ4v) is 6.11. The lowest BCUT2D eigenvalue weighted by atomic mass is 10.1. The molecule has 0 aliphatic carbocycles. The summed E-state index contributed by atoms with van der Waals surface area (Å²) < 4.78 is 4.62. The molecule has 14 heteroatoms. The molecular formula is C39H27N9O4S. The van der Waals surface area contributed by atoms with Crippen LogP contribution in [0.5, 0.6) is 5.75 Å². The van der Waals surface area contributed by atoms with E-state index in [4.69, 9.17) is 10.4 Å². The summed E-state index contributed by atoms with van der Waals surface area (Å²) in [5.41, 5.74) is 6.83. The largest absolute Gasteiger partial charge is 0.505 e. The third kappa shape index (κ3) is 7.37. The number of azo groups is 3. The molecule has 0 radical (unpaired) electrons. The second kappa shape index (κ2) is 14.9. The smallest absolute Gasteiger partial charge is 0.152 e. The van der Waals surface area contributed by atoms with Crippen LogP contribution in [0.4, 0.5) is 34.1 Å². The van der Waals surface area contributed by atoms with Crippen molar-refractivity contribution in [3.8, 4) is 11.4 Å². The van der Waals surface area contributed by atoms with E-state index in [1.54, 1.807) is 53.3 Å². The zero-order chi connectivity index (χ0) is 36.1. The molecule has 2 N–H and O–H groups in total. The lowest BCUT2D eigenvalue weighted by Crippen LogP contribution is -1.97. The summed E-state index contributed by atoms with van der Waals surface area (Å²) in [6.45, 7) is 1.95. The normalized spacial score (nSPS) is 12.0. The van der Waals surface area contributed by atoms with E-state index >= 15 is 0 Å². The lowest BCUT2D eigenvalue weighted by Gasteiger charge is -2.09. The molecule has 7 aromatic carbocycles. The molecule has 0 unspecified atom stereocenters. The van der Waals surface area contributed by atoms with Crippen molar-refractivity contribution in [2.24, 2.45) is 30.7 Å². The highest BCUT2D eigenvalue weighted by atomic mass is 32.2. The molecule has 1 heterocycles. The van der Waals surface area contributed by atoms with Crippen LogP contribution in [0, 0.1) is 6.92 Å². The van der Waals surface area contributed by atoms with Crippen molar-refractivity contribution in [2.45, 2.75) is 11.8 Å². The zero-order valence-corrected chi connectivity index (χ0v) is 28.7. The van der Waals surface area contributed by atoms with Crippen LogP contribution in [0.15, 0.2) is 169 Å². The number of aromatic nitrogens is 3. The predicted molar refractivity (Wildman–Crippen MR) is 203 cm³/mol. The summed E-state index contributed by atoms with van der Waals surface area (Å²) in [6, 6.07) is 41.3. The number of rotatable bonds is 10. The summed E-state index contributed by atoms with van der Waals surface area (Å²) in [5.74, 6) is -0.0749. The standard InChI is InChI=1S/C39H27N9O4S/c1-24-6-20-34-26(22-24)23-36(53-52-51-50)38(39(34)49)45-44-30-14-12-29(13-15-30)41-40-27-8-10-28(11-9-27)42-43-31-16-18-32(19-17-31)48-46-35-21-7-25-4-2-3-5-33(25)37(35)47-48/h2-23,49-50H,1H3. The molecule has 53 heavy (non-hydrogen) atoms. The number of hydrogen-bond acceptors (Lipinski definition) is 13. The van der Waals surface area contributed by atoms with Gasteiger partial charge in [-0.3, -0.25) is 0 Å². The number of benzene rings is 7. The van der Waals surface area contributed by atoms with Gasteiger partial charge in [0.15, 0.2) is 5.75 Å². The van der Waals surface area contributed by atoms with Crippen LogP contribution in [0.3, 0.4) is 0 Å². The molecular weight excluding hydrogens is 691 g/mol. The number of hydrogen-bond donors (Lipinski definition) is 2. The van der Waals surface area contributed by atoms with Gasteiger partial charge in [0, 0.05) is 10.8 Å². The molecule has 8 rings (SSSR count). The summed E-state index contributed by atoms with van der Waals surface area (Å²) in [4.78, 5) is 2.03. The van der Waals surface area contributed by atoms with E-state index < -0.39 is 0 Å². The van der Waals surface area contributed by atoms with Gasteiger partial charge in [-0.1, -0.05) is 59.1 Å². The second-order valence-electron chi connectivity index (χ2n) is 11.8. The van der Waals surface area contributed by atoms with Gasteiger partial charge in [0.1, 0.15) is 16.7 Å². The van der Waals surface area contributed by atoms with Crippen LogP contribution < -0.4 is 0 Å². The van der Waals surface area contributed by atoms with Crippen molar-refractivity contribution in [3.63, 3.8) is 0 Å². The molecule has 1 aromatic heterocycles. The maximum absolute atomic E-state index is 10.9. The van der Waals surface area contributed by atoms with Crippen LogP contribution in [0.25, 0.3) is 38.3 Å². The first kappa shape index (κ1) is 33.4. The first-order chi connectivity index (χ1) is 26.0. The highest BCUT2D eigenvalue weighted by Crippen LogP contribution is 2.44. The van der Waals surface area contributed by atoms with Crippen LogP contribution in [-0.4, -0.2) is 25.4 Å². The van der Waals surface area contributed by atoms with E-state index in [0.717, 1.165) is 38.4 Å². The van der Waals surface area contributed by atoms with Crippen molar-refractivity contribution in [2.75, 3.05) is 0 Å². The van der Waals surface area contributed by atoms with Gasteiger partial charge >= 0.3 is 0 Å². The minimum Gasteiger partial charge on any atom is -0.505 e. The Morgan fingerprint density at radius 2 is 1.17 bits per heavy atom. The molecule has 0 fully saturated rings. The molecule has 8 aromatic rings. The van der Waals surface area contributed by atoms with Gasteiger partial charge in [0.2, 0.25) is 0 Å². The average molecular weight is 718 g/mol. The van der Waals surface area contributed by atoms with Crippen LogP contribution >= 0.6 is 12.0 Å². The van der Waals surface area contributed by atoms with E-state index in [2.05, 4.69) is 63.4 Å². The van der Waals surface area contributed by atoms with Crippen LogP contribution in [0.1, 0.15) is 5.56 Å². The quantitative estimate of drug-likeness (QED) is 0.0615. The van der Waals surface area contributed by atoms with Gasteiger partial charge in [-0.05, 0) is 103 Å². The predicted octanol–water partition coefficient (Wildman–Crippen LogP) is 12.4. The van der Waals surface area contributed by atoms with Crippen molar-refractivity contribution in [1.29, 1.82) is 0 Å². The first-order valence-corrected chi connectivity index (χ1v) is 17.0. The Morgan fingerprint density at radius 3 is 1.79 bits per heavy atom. The number of phenolic OH excluding ortho intramolecular Hbond substituents is 1. The molecule has 0 saturated heterocycles. The second-order valence-corrected chi connectivity index (χ2v) is 12.6. The summed E-state index contributed by atoms with van der Waals surface area (Å²) in [7, 11) is 0. The third-order valence-corrected chi connectivity index (χ3v) is 8.86. The fraction of sp³-hybridized carbons (Fsp3) is 0.0256. The Balaban J connectivity index is 0.902. The minimum absolute atomic E-state index is 0.0749. The number of aromatic hydroxyl groups is 1. The molecule has 0 atom stereocenters. The van der Waals surface area contributed by atoms with Crippen molar-refractivity contribution in [1.82, 2.24) is 15.0 Å². The molecule has 0 saturated carbocycles. The third-order valence-electron chi connectivity index (χ3n) is 8.24. The van der Waals surface area contributed by atoms with Crippen molar-refractivity contribution >= 4 is 78.7 Å². The van der Waals surface area contributed by atoms with E-state index in [1.165, 1.54) is 0 Å². The number of nitrogens with zero attached hydrogens (tertiary/aromatic N) is 9. The number of phenols is 1. The molecule has 0 bridgehead atoms. The molecule has 258 valence electrons. The maximum atomic E-state index is 10.9. The van der Waals surface area contributed by atoms with E-state index in [-0.39, 0.29) is 11.4 Å². The number of aryl methyl sites for hydroxylation is 1. The molecule has 0 amide bonds. The van der Waals surface area contributed by atoms with Gasteiger partial charge in [0.25, 0.3) is 0 Å². The SMILES string of the molecule is Cc1ccc2c(O)c(N=Nc3ccc(N=Nc4ccc(N=Nc5ccc(-n6nc7ccc8ccccc8c7n6)cc5)cc4)cc3)c(SOOO)cc2c1. The fourth-order valence-electron chi connectivity index (χ4n) is 5.61. The van der Waals surface area contributed by atoms with E-state index in [1.807, 2.05) is 73.7 Å². The van der Waals surface area contributed by atoms with Gasteiger partial charge in [0.05, 0.1) is 51.1 Å². The Kier molecular flexibility index (Phi) is 9.38. The highest BCUT2D eigenvalue weighted by Gasteiger charge is 2.15. The first-order valence-electron chi connectivity index (χ1n) is 16.2.